The first-order valence-electron chi connectivity index (χ1n) is 7.24. The summed E-state index contributed by atoms with van der Waals surface area (Å²) >= 11 is 1.63. The summed E-state index contributed by atoms with van der Waals surface area (Å²) in [4.78, 5) is 4.36. The minimum absolute atomic E-state index is 0.601. The fourth-order valence-electron chi connectivity index (χ4n) is 2.44. The third-order valence-electron chi connectivity index (χ3n) is 3.48. The van der Waals surface area contributed by atoms with E-state index in [1.807, 2.05) is 47.6 Å². The second kappa shape index (κ2) is 5.81. The molecule has 1 aromatic carbocycles. The predicted molar refractivity (Wildman–Crippen MR) is 89.1 cm³/mol. The average molecular weight is 322 g/mol. The molecule has 0 aliphatic carbocycles. The predicted octanol–water partition coefficient (Wildman–Crippen LogP) is 4.02. The van der Waals surface area contributed by atoms with Crippen molar-refractivity contribution in [3.63, 3.8) is 0 Å². The lowest BCUT2D eigenvalue weighted by molar-refractivity contribution is 0.388. The molecule has 0 unspecified atom stereocenters. The van der Waals surface area contributed by atoms with Gasteiger partial charge in [0, 0.05) is 35.0 Å². The molecule has 0 N–H and O–H groups in total. The van der Waals surface area contributed by atoms with Gasteiger partial charge in [0.2, 0.25) is 0 Å². The van der Waals surface area contributed by atoms with Crippen LogP contribution in [-0.2, 0) is 6.54 Å². The monoisotopic (exact) mass is 322 g/mol. The molecule has 5 nitrogen and oxygen atoms in total. The molecule has 0 spiro atoms. The van der Waals surface area contributed by atoms with E-state index in [1.165, 1.54) is 0 Å². The summed E-state index contributed by atoms with van der Waals surface area (Å²) in [5.41, 5.74) is 3.99. The zero-order valence-corrected chi connectivity index (χ0v) is 13.3. The zero-order chi connectivity index (χ0) is 15.6. The van der Waals surface area contributed by atoms with Crippen molar-refractivity contribution in [1.82, 2.24) is 19.9 Å². The van der Waals surface area contributed by atoms with E-state index in [0.29, 0.717) is 6.54 Å². The van der Waals surface area contributed by atoms with Crippen LogP contribution >= 0.6 is 11.3 Å². The van der Waals surface area contributed by atoms with Crippen LogP contribution in [0.4, 0.5) is 0 Å². The number of hydrogen-bond donors (Lipinski definition) is 0. The summed E-state index contributed by atoms with van der Waals surface area (Å²) in [6.45, 7) is 2.48. The zero-order valence-electron chi connectivity index (χ0n) is 12.5. The van der Waals surface area contributed by atoms with Crippen molar-refractivity contribution < 1.29 is 4.52 Å². The molecule has 3 aromatic heterocycles. The summed E-state index contributed by atoms with van der Waals surface area (Å²) in [7, 11) is 0. The smallest absolute Gasteiger partial charge is 0.133 e. The maximum atomic E-state index is 5.09. The molecule has 0 atom stereocenters. The fourth-order valence-corrected chi connectivity index (χ4v) is 3.08. The van der Waals surface area contributed by atoms with E-state index in [4.69, 9.17) is 4.52 Å². The van der Waals surface area contributed by atoms with E-state index in [9.17, 15) is 0 Å². The largest absolute Gasteiger partial charge is 0.361 e. The lowest BCUT2D eigenvalue weighted by Gasteiger charge is -2.01. The maximum Gasteiger partial charge on any atom is 0.133 e. The van der Waals surface area contributed by atoms with Crippen LogP contribution in [0, 0.1) is 6.92 Å². The molecule has 114 valence electrons. The van der Waals surface area contributed by atoms with Gasteiger partial charge in [-0.05, 0) is 19.1 Å². The van der Waals surface area contributed by atoms with Gasteiger partial charge >= 0.3 is 0 Å². The molecule has 0 radical (unpaired) electrons. The molecule has 0 fully saturated rings. The Bertz CT molecular complexity index is 924. The Labute approximate surface area is 137 Å². The summed E-state index contributed by atoms with van der Waals surface area (Å²) in [6.07, 6.45) is 3.77. The Morgan fingerprint density at radius 1 is 1.17 bits per heavy atom. The molecule has 0 bridgehead atoms. The molecule has 3 heterocycles. The highest BCUT2D eigenvalue weighted by Gasteiger charge is 2.07. The van der Waals surface area contributed by atoms with Crippen molar-refractivity contribution in [2.24, 2.45) is 0 Å². The van der Waals surface area contributed by atoms with Gasteiger partial charge in [0.1, 0.15) is 16.5 Å². The summed E-state index contributed by atoms with van der Waals surface area (Å²) in [6, 6.07) is 12.2. The lowest BCUT2D eigenvalue weighted by atomic mass is 10.1. The lowest BCUT2D eigenvalue weighted by Crippen LogP contribution is -2.00. The quantitative estimate of drug-likeness (QED) is 0.569. The number of aryl methyl sites for hydroxylation is 1. The first kappa shape index (κ1) is 13.9. The van der Waals surface area contributed by atoms with E-state index in [0.717, 1.165) is 33.3 Å². The van der Waals surface area contributed by atoms with Crippen molar-refractivity contribution in [1.29, 1.82) is 0 Å². The Kier molecular flexibility index (Phi) is 3.51. The Morgan fingerprint density at radius 2 is 2.09 bits per heavy atom. The van der Waals surface area contributed by atoms with Gasteiger partial charge in [-0.2, -0.15) is 5.10 Å². The maximum absolute atomic E-state index is 5.09. The van der Waals surface area contributed by atoms with Gasteiger partial charge in [-0.15, -0.1) is 11.3 Å². The highest BCUT2D eigenvalue weighted by Crippen LogP contribution is 2.26. The van der Waals surface area contributed by atoms with Gasteiger partial charge in [-0.3, -0.25) is 4.68 Å². The van der Waals surface area contributed by atoms with Crippen LogP contribution in [0.3, 0.4) is 0 Å². The Morgan fingerprint density at radius 3 is 2.87 bits per heavy atom. The highest BCUT2D eigenvalue weighted by molar-refractivity contribution is 7.13. The van der Waals surface area contributed by atoms with Crippen LogP contribution in [-0.4, -0.2) is 19.9 Å². The van der Waals surface area contributed by atoms with Crippen molar-refractivity contribution >= 4 is 11.3 Å². The van der Waals surface area contributed by atoms with Gasteiger partial charge in [-0.25, -0.2) is 4.98 Å². The molecule has 0 amide bonds. The van der Waals surface area contributed by atoms with Crippen molar-refractivity contribution in [2.75, 3.05) is 0 Å². The normalized spacial score (nSPS) is 11.0. The average Bonchev–Trinajstić information content (AvgIpc) is 3.30. The van der Waals surface area contributed by atoms with Crippen LogP contribution in [0.25, 0.3) is 21.8 Å². The van der Waals surface area contributed by atoms with Crippen molar-refractivity contribution in [3.05, 3.63) is 65.6 Å². The van der Waals surface area contributed by atoms with E-state index >= 15 is 0 Å². The van der Waals surface area contributed by atoms with E-state index in [1.54, 1.807) is 11.3 Å². The molecule has 0 aliphatic heterocycles. The molecule has 6 heteroatoms. The Hall–Kier alpha value is -2.73. The van der Waals surface area contributed by atoms with Gasteiger partial charge in [0.25, 0.3) is 0 Å². The summed E-state index contributed by atoms with van der Waals surface area (Å²) in [5.74, 6) is 0.809. The number of thiazole rings is 1. The van der Waals surface area contributed by atoms with E-state index < -0.39 is 0 Å². The van der Waals surface area contributed by atoms with Crippen LogP contribution < -0.4 is 0 Å². The van der Waals surface area contributed by atoms with Gasteiger partial charge < -0.3 is 4.52 Å². The second-order valence-corrected chi connectivity index (χ2v) is 6.14. The third-order valence-corrected chi connectivity index (χ3v) is 4.30. The van der Waals surface area contributed by atoms with Gasteiger partial charge in [0.05, 0.1) is 12.2 Å². The first-order chi connectivity index (χ1) is 11.3. The third kappa shape index (κ3) is 2.93. The SMILES string of the molecule is Cc1cc(Cn2ccc(-c3cccc(-c4nccs4)c3)n2)no1. The molecule has 0 saturated heterocycles. The minimum Gasteiger partial charge on any atom is -0.361 e. The van der Waals surface area contributed by atoms with Crippen LogP contribution in [0.15, 0.2) is 58.7 Å². The van der Waals surface area contributed by atoms with E-state index in [2.05, 4.69) is 33.4 Å². The number of aromatic nitrogens is 4. The van der Waals surface area contributed by atoms with E-state index in [-0.39, 0.29) is 0 Å². The molecule has 4 aromatic rings. The van der Waals surface area contributed by atoms with Crippen LogP contribution in [0.1, 0.15) is 11.5 Å². The Balaban J connectivity index is 1.60. The van der Waals surface area contributed by atoms with Gasteiger partial charge in [-0.1, -0.05) is 23.4 Å². The summed E-state index contributed by atoms with van der Waals surface area (Å²) < 4.78 is 6.95. The molecular formula is C17H14N4OS. The van der Waals surface area contributed by atoms with Gasteiger partial charge in [0.15, 0.2) is 0 Å². The van der Waals surface area contributed by atoms with Crippen LogP contribution in [0.5, 0.6) is 0 Å². The van der Waals surface area contributed by atoms with Crippen LogP contribution in [0.2, 0.25) is 0 Å². The second-order valence-electron chi connectivity index (χ2n) is 5.25. The molecule has 0 saturated carbocycles. The number of benzene rings is 1. The fraction of sp³-hybridized carbons (Fsp3) is 0.118. The summed E-state index contributed by atoms with van der Waals surface area (Å²) in [5, 5.41) is 11.6. The standard InChI is InChI=1S/C17H14N4OS/c1-12-9-15(20-22-12)11-21-7-5-16(19-21)13-3-2-4-14(10-13)17-18-6-8-23-17/h2-10H,11H2,1H3. The number of nitrogens with zero attached hydrogens (tertiary/aromatic N) is 4. The number of hydrogen-bond acceptors (Lipinski definition) is 5. The number of rotatable bonds is 4. The molecule has 23 heavy (non-hydrogen) atoms. The molecular weight excluding hydrogens is 308 g/mol. The minimum atomic E-state index is 0.601. The first-order valence-corrected chi connectivity index (χ1v) is 8.12. The molecule has 4 rings (SSSR count). The van der Waals surface area contributed by atoms with Crippen molar-refractivity contribution in [3.8, 4) is 21.8 Å². The van der Waals surface area contributed by atoms with Crippen molar-refractivity contribution in [2.45, 2.75) is 13.5 Å². The molecule has 0 aliphatic rings. The topological polar surface area (TPSA) is 56.7 Å². The highest BCUT2D eigenvalue weighted by atomic mass is 32.1.